The van der Waals surface area contributed by atoms with E-state index in [1.807, 2.05) is 12.3 Å². The molecule has 1 aromatic heterocycles. The van der Waals surface area contributed by atoms with Crippen LogP contribution in [0.5, 0.6) is 0 Å². The number of hydrogen-bond donors (Lipinski definition) is 1. The van der Waals surface area contributed by atoms with Crippen LogP contribution in [0.15, 0.2) is 29.6 Å². The standard InChI is InChI=1S/C19H26N4OS/c1-3-20-18(24)12-17-14-25-19(21-17)16-6-4-15(5-7-16)13-23-10-8-22(2)9-11-23/h4-7,14H,3,8-13H2,1-2H3,(H,20,24). The molecule has 3 rings (SSSR count). The Bertz CT molecular complexity index is 690. The number of hydrogen-bond acceptors (Lipinski definition) is 5. The molecule has 2 heterocycles. The van der Waals surface area contributed by atoms with Gasteiger partial charge in [-0.25, -0.2) is 4.98 Å². The number of aromatic nitrogens is 1. The summed E-state index contributed by atoms with van der Waals surface area (Å²) in [4.78, 5) is 21.1. The van der Waals surface area contributed by atoms with E-state index < -0.39 is 0 Å². The van der Waals surface area contributed by atoms with Gasteiger partial charge in [-0.1, -0.05) is 24.3 Å². The van der Waals surface area contributed by atoms with E-state index in [9.17, 15) is 4.79 Å². The summed E-state index contributed by atoms with van der Waals surface area (Å²) in [5.41, 5.74) is 3.30. The van der Waals surface area contributed by atoms with Gasteiger partial charge in [-0.3, -0.25) is 9.69 Å². The number of benzene rings is 1. The highest BCUT2D eigenvalue weighted by atomic mass is 32.1. The van der Waals surface area contributed by atoms with Gasteiger partial charge in [0.05, 0.1) is 12.1 Å². The molecule has 1 fully saturated rings. The second-order valence-corrected chi connectivity index (χ2v) is 7.41. The predicted octanol–water partition coefficient (Wildman–Crippen LogP) is 2.24. The van der Waals surface area contributed by atoms with Gasteiger partial charge in [0.15, 0.2) is 0 Å². The van der Waals surface area contributed by atoms with Gasteiger partial charge in [0.25, 0.3) is 0 Å². The molecule has 0 radical (unpaired) electrons. The normalized spacial score (nSPS) is 16.1. The lowest BCUT2D eigenvalue weighted by molar-refractivity contribution is -0.120. The van der Waals surface area contributed by atoms with Crippen molar-refractivity contribution in [1.29, 1.82) is 0 Å². The quantitative estimate of drug-likeness (QED) is 0.860. The maximum Gasteiger partial charge on any atom is 0.226 e. The van der Waals surface area contributed by atoms with Crippen molar-refractivity contribution < 1.29 is 4.79 Å². The van der Waals surface area contributed by atoms with Gasteiger partial charge in [0.1, 0.15) is 5.01 Å². The minimum Gasteiger partial charge on any atom is -0.356 e. The van der Waals surface area contributed by atoms with Crippen molar-refractivity contribution in [2.45, 2.75) is 19.9 Å². The van der Waals surface area contributed by atoms with Crippen LogP contribution in [0.4, 0.5) is 0 Å². The van der Waals surface area contributed by atoms with E-state index in [0.29, 0.717) is 13.0 Å². The first-order chi connectivity index (χ1) is 12.1. The van der Waals surface area contributed by atoms with Crippen LogP contribution in [0.3, 0.4) is 0 Å². The molecule has 6 heteroatoms. The SMILES string of the molecule is CCNC(=O)Cc1csc(-c2ccc(CN3CCN(C)CC3)cc2)n1. The molecule has 0 aliphatic carbocycles. The molecule has 1 saturated heterocycles. The molecule has 1 amide bonds. The van der Waals surface area contributed by atoms with Gasteiger partial charge in [-0.15, -0.1) is 11.3 Å². The third kappa shape index (κ3) is 5.11. The molecule has 25 heavy (non-hydrogen) atoms. The Balaban J connectivity index is 1.58. The molecule has 1 aliphatic heterocycles. The summed E-state index contributed by atoms with van der Waals surface area (Å²) in [6.07, 6.45) is 0.353. The van der Waals surface area contributed by atoms with Crippen LogP contribution in [-0.4, -0.2) is 60.5 Å². The molecule has 0 unspecified atom stereocenters. The molecule has 0 spiro atoms. The van der Waals surface area contributed by atoms with Crippen molar-refractivity contribution in [2.24, 2.45) is 0 Å². The lowest BCUT2D eigenvalue weighted by Gasteiger charge is -2.32. The molecule has 1 aromatic carbocycles. The molecule has 2 aromatic rings. The number of piperazine rings is 1. The Labute approximate surface area is 153 Å². The lowest BCUT2D eigenvalue weighted by atomic mass is 10.1. The second kappa shape index (κ2) is 8.56. The van der Waals surface area contributed by atoms with E-state index in [-0.39, 0.29) is 5.91 Å². The molecular formula is C19H26N4OS. The zero-order valence-corrected chi connectivity index (χ0v) is 15.8. The van der Waals surface area contributed by atoms with Gasteiger partial charge < -0.3 is 10.2 Å². The highest BCUT2D eigenvalue weighted by Gasteiger charge is 2.14. The molecular weight excluding hydrogens is 332 g/mol. The number of nitrogens with one attached hydrogen (secondary N) is 1. The summed E-state index contributed by atoms with van der Waals surface area (Å²) in [6, 6.07) is 8.66. The summed E-state index contributed by atoms with van der Waals surface area (Å²) < 4.78 is 0. The molecule has 0 atom stereocenters. The molecule has 134 valence electrons. The number of carbonyl (C=O) groups is 1. The first kappa shape index (κ1) is 18.0. The van der Waals surface area contributed by atoms with Crippen LogP contribution >= 0.6 is 11.3 Å². The van der Waals surface area contributed by atoms with E-state index in [4.69, 9.17) is 0 Å². The van der Waals surface area contributed by atoms with E-state index in [0.717, 1.165) is 49.0 Å². The maximum atomic E-state index is 11.7. The topological polar surface area (TPSA) is 48.5 Å². The minimum atomic E-state index is 0.0295. The fourth-order valence-corrected chi connectivity index (χ4v) is 3.79. The minimum absolute atomic E-state index is 0.0295. The Morgan fingerprint density at radius 1 is 1.20 bits per heavy atom. The maximum absolute atomic E-state index is 11.7. The monoisotopic (exact) mass is 358 g/mol. The van der Waals surface area contributed by atoms with Gasteiger partial charge in [0.2, 0.25) is 5.91 Å². The zero-order valence-electron chi connectivity index (χ0n) is 15.0. The first-order valence-corrected chi connectivity index (χ1v) is 9.73. The highest BCUT2D eigenvalue weighted by molar-refractivity contribution is 7.13. The first-order valence-electron chi connectivity index (χ1n) is 8.85. The number of likely N-dealkylation sites (N-methyl/N-ethyl adjacent to an activating group) is 2. The lowest BCUT2D eigenvalue weighted by Crippen LogP contribution is -2.43. The summed E-state index contributed by atoms with van der Waals surface area (Å²) in [6.45, 7) is 8.14. The van der Waals surface area contributed by atoms with Crippen molar-refractivity contribution in [3.05, 3.63) is 40.9 Å². The zero-order chi connectivity index (χ0) is 17.6. The van der Waals surface area contributed by atoms with Gasteiger partial charge in [-0.05, 0) is 19.5 Å². The molecule has 0 bridgehead atoms. The number of carbonyl (C=O) groups excluding carboxylic acids is 1. The van der Waals surface area contributed by atoms with E-state index in [2.05, 4.69) is 51.4 Å². The van der Waals surface area contributed by atoms with E-state index >= 15 is 0 Å². The predicted molar refractivity (Wildman–Crippen MR) is 103 cm³/mol. The summed E-state index contributed by atoms with van der Waals surface area (Å²) in [7, 11) is 2.18. The van der Waals surface area contributed by atoms with Crippen molar-refractivity contribution in [3.63, 3.8) is 0 Å². The smallest absolute Gasteiger partial charge is 0.226 e. The number of thiazole rings is 1. The summed E-state index contributed by atoms with van der Waals surface area (Å²) in [5, 5.41) is 5.76. The summed E-state index contributed by atoms with van der Waals surface area (Å²) in [5.74, 6) is 0.0295. The second-order valence-electron chi connectivity index (χ2n) is 6.55. The Kier molecular flexibility index (Phi) is 6.18. The fourth-order valence-electron chi connectivity index (χ4n) is 2.96. The van der Waals surface area contributed by atoms with Crippen molar-refractivity contribution in [3.8, 4) is 10.6 Å². The van der Waals surface area contributed by atoms with Crippen molar-refractivity contribution >= 4 is 17.2 Å². The van der Waals surface area contributed by atoms with E-state index in [1.54, 1.807) is 11.3 Å². The van der Waals surface area contributed by atoms with Crippen LogP contribution in [0.2, 0.25) is 0 Å². The number of amides is 1. The molecule has 0 saturated carbocycles. The Morgan fingerprint density at radius 2 is 1.92 bits per heavy atom. The van der Waals surface area contributed by atoms with Gasteiger partial charge in [-0.2, -0.15) is 0 Å². The largest absolute Gasteiger partial charge is 0.356 e. The third-order valence-corrected chi connectivity index (χ3v) is 5.41. The number of nitrogens with zero attached hydrogens (tertiary/aromatic N) is 3. The van der Waals surface area contributed by atoms with Crippen molar-refractivity contribution in [1.82, 2.24) is 20.1 Å². The van der Waals surface area contributed by atoms with Gasteiger partial charge in [0, 0.05) is 50.2 Å². The third-order valence-electron chi connectivity index (χ3n) is 4.47. The van der Waals surface area contributed by atoms with E-state index in [1.165, 1.54) is 5.56 Å². The van der Waals surface area contributed by atoms with Crippen LogP contribution in [-0.2, 0) is 17.8 Å². The van der Waals surface area contributed by atoms with Crippen LogP contribution in [0.25, 0.3) is 10.6 Å². The number of rotatable bonds is 6. The Hall–Kier alpha value is -1.76. The molecule has 5 nitrogen and oxygen atoms in total. The fraction of sp³-hybridized carbons (Fsp3) is 0.474. The van der Waals surface area contributed by atoms with Crippen molar-refractivity contribution in [2.75, 3.05) is 39.8 Å². The molecule has 1 aliphatic rings. The summed E-state index contributed by atoms with van der Waals surface area (Å²) >= 11 is 1.60. The van der Waals surface area contributed by atoms with Gasteiger partial charge >= 0.3 is 0 Å². The highest BCUT2D eigenvalue weighted by Crippen LogP contribution is 2.24. The van der Waals surface area contributed by atoms with Crippen LogP contribution in [0, 0.1) is 0 Å². The van der Waals surface area contributed by atoms with Crippen LogP contribution < -0.4 is 5.32 Å². The average Bonchev–Trinajstić information content (AvgIpc) is 3.06. The van der Waals surface area contributed by atoms with Crippen LogP contribution in [0.1, 0.15) is 18.2 Å². The Morgan fingerprint density at radius 3 is 2.60 bits per heavy atom. The average molecular weight is 359 g/mol. The molecule has 1 N–H and O–H groups in total.